The summed E-state index contributed by atoms with van der Waals surface area (Å²) in [5.41, 5.74) is 5.35. The Labute approximate surface area is 117 Å². The molecule has 104 valence electrons. The fourth-order valence-electron chi connectivity index (χ4n) is 1.69. The molecule has 0 unspecified atom stereocenters. The van der Waals surface area contributed by atoms with Crippen LogP contribution in [0.1, 0.15) is 23.7 Å². The maximum absolute atomic E-state index is 13.8. The number of methoxy groups -OCH3 is 1. The van der Waals surface area contributed by atoms with Crippen molar-refractivity contribution < 1.29 is 13.9 Å². The smallest absolute Gasteiger partial charge is 0.260 e. The highest BCUT2D eigenvalue weighted by Gasteiger charge is 2.22. The summed E-state index contributed by atoms with van der Waals surface area (Å²) in [6.45, 7) is 2.62. The lowest BCUT2D eigenvalue weighted by Crippen LogP contribution is -2.34. The Morgan fingerprint density at radius 2 is 2.21 bits per heavy atom. The zero-order valence-corrected chi connectivity index (χ0v) is 11.8. The van der Waals surface area contributed by atoms with Gasteiger partial charge in [-0.15, -0.1) is 0 Å². The van der Waals surface area contributed by atoms with Gasteiger partial charge in [0.05, 0.1) is 12.1 Å². The van der Waals surface area contributed by atoms with Gasteiger partial charge in [0.25, 0.3) is 5.91 Å². The number of ether oxygens (including phenoxy) is 1. The molecule has 1 amide bonds. The number of halogens is 1. The second kappa shape index (κ2) is 7.04. The summed E-state index contributed by atoms with van der Waals surface area (Å²) < 4.78 is 18.8. The highest BCUT2D eigenvalue weighted by atomic mass is 32.1. The Hall–Kier alpha value is -1.69. The summed E-state index contributed by atoms with van der Waals surface area (Å²) in [6.07, 6.45) is 0.408. The van der Waals surface area contributed by atoms with Crippen LogP contribution in [0.2, 0.25) is 0 Å². The van der Waals surface area contributed by atoms with Gasteiger partial charge in [0.15, 0.2) is 0 Å². The molecule has 1 aromatic carbocycles. The van der Waals surface area contributed by atoms with Crippen molar-refractivity contribution in [3.8, 4) is 5.75 Å². The molecule has 0 heterocycles. The zero-order valence-electron chi connectivity index (χ0n) is 11.0. The monoisotopic (exact) mass is 284 g/mol. The molecule has 4 nitrogen and oxygen atoms in total. The van der Waals surface area contributed by atoms with Crippen molar-refractivity contribution in [1.29, 1.82) is 0 Å². The van der Waals surface area contributed by atoms with E-state index in [0.717, 1.165) is 0 Å². The molecule has 2 N–H and O–H groups in total. The fraction of sp³-hybridized carbons (Fsp3) is 0.385. The molecular formula is C13H17FN2O2S. The molecule has 0 aromatic heterocycles. The predicted molar refractivity (Wildman–Crippen MR) is 75.9 cm³/mol. The van der Waals surface area contributed by atoms with Crippen LogP contribution in [0, 0.1) is 5.82 Å². The number of nitrogens with zero attached hydrogens (tertiary/aromatic N) is 1. The molecule has 0 fully saturated rings. The quantitative estimate of drug-likeness (QED) is 0.812. The van der Waals surface area contributed by atoms with Gasteiger partial charge in [0.2, 0.25) is 0 Å². The number of hydrogen-bond donors (Lipinski definition) is 1. The number of amides is 1. The molecule has 6 heteroatoms. The number of carbonyl (C=O) groups excluding carboxylic acids is 1. The molecule has 0 aliphatic rings. The van der Waals surface area contributed by atoms with E-state index in [1.165, 1.54) is 24.1 Å². The van der Waals surface area contributed by atoms with Crippen LogP contribution >= 0.6 is 12.2 Å². The lowest BCUT2D eigenvalue weighted by atomic mass is 10.1. The molecule has 0 atom stereocenters. The number of nitrogens with two attached hydrogens (primary N) is 1. The van der Waals surface area contributed by atoms with E-state index in [4.69, 9.17) is 22.7 Å². The topological polar surface area (TPSA) is 55.6 Å². The van der Waals surface area contributed by atoms with Crippen LogP contribution in [0.25, 0.3) is 0 Å². The summed E-state index contributed by atoms with van der Waals surface area (Å²) in [7, 11) is 1.40. The third-order valence-electron chi connectivity index (χ3n) is 2.71. The number of carbonyl (C=O) groups is 1. The highest BCUT2D eigenvalue weighted by Crippen LogP contribution is 2.22. The van der Waals surface area contributed by atoms with Gasteiger partial charge in [-0.25, -0.2) is 4.39 Å². The van der Waals surface area contributed by atoms with E-state index >= 15 is 0 Å². The van der Waals surface area contributed by atoms with Gasteiger partial charge in [0.1, 0.15) is 17.1 Å². The molecule has 0 aliphatic carbocycles. The van der Waals surface area contributed by atoms with Crippen molar-refractivity contribution in [2.24, 2.45) is 5.73 Å². The van der Waals surface area contributed by atoms with Gasteiger partial charge in [-0.05, 0) is 19.1 Å². The van der Waals surface area contributed by atoms with E-state index < -0.39 is 11.7 Å². The zero-order chi connectivity index (χ0) is 14.4. The first-order valence-electron chi connectivity index (χ1n) is 5.91. The van der Waals surface area contributed by atoms with Crippen molar-refractivity contribution in [3.05, 3.63) is 29.6 Å². The van der Waals surface area contributed by atoms with Crippen LogP contribution in [0.15, 0.2) is 18.2 Å². The van der Waals surface area contributed by atoms with E-state index in [1.54, 1.807) is 6.07 Å². The molecule has 0 aliphatic heterocycles. The first-order valence-corrected chi connectivity index (χ1v) is 6.32. The minimum Gasteiger partial charge on any atom is -0.496 e. The Morgan fingerprint density at radius 1 is 1.53 bits per heavy atom. The van der Waals surface area contributed by atoms with E-state index in [0.29, 0.717) is 24.5 Å². The predicted octanol–water partition coefficient (Wildman–Crippen LogP) is 1.97. The SMILES string of the molecule is CCN(CCC(N)=S)C(=O)c1c(F)cccc1OC. The largest absolute Gasteiger partial charge is 0.496 e. The van der Waals surface area contributed by atoms with Gasteiger partial charge in [-0.2, -0.15) is 0 Å². The summed E-state index contributed by atoms with van der Waals surface area (Å²) in [5.74, 6) is -0.800. The van der Waals surface area contributed by atoms with E-state index in [-0.39, 0.29) is 11.3 Å². The molecular weight excluding hydrogens is 267 g/mol. The van der Waals surface area contributed by atoms with Crippen molar-refractivity contribution >= 4 is 23.1 Å². The fourth-order valence-corrected chi connectivity index (χ4v) is 1.78. The number of benzene rings is 1. The van der Waals surface area contributed by atoms with Crippen LogP contribution in [-0.2, 0) is 0 Å². The minimum atomic E-state index is -0.599. The Balaban J connectivity index is 3.00. The molecule has 19 heavy (non-hydrogen) atoms. The Kier molecular flexibility index (Phi) is 5.69. The van der Waals surface area contributed by atoms with Gasteiger partial charge in [0, 0.05) is 19.5 Å². The average Bonchev–Trinajstić information content (AvgIpc) is 2.38. The van der Waals surface area contributed by atoms with E-state index in [1.807, 2.05) is 6.92 Å². The lowest BCUT2D eigenvalue weighted by molar-refractivity contribution is 0.0760. The molecule has 1 rings (SSSR count). The summed E-state index contributed by atoms with van der Waals surface area (Å²) in [4.78, 5) is 14.1. The van der Waals surface area contributed by atoms with E-state index in [9.17, 15) is 9.18 Å². The molecule has 0 saturated heterocycles. The summed E-state index contributed by atoms with van der Waals surface area (Å²) in [6, 6.07) is 4.28. The van der Waals surface area contributed by atoms with Crippen LogP contribution in [0.3, 0.4) is 0 Å². The molecule has 0 spiro atoms. The third kappa shape index (κ3) is 3.89. The molecule has 1 aromatic rings. The summed E-state index contributed by atoms with van der Waals surface area (Å²) >= 11 is 4.78. The lowest BCUT2D eigenvalue weighted by Gasteiger charge is -2.22. The maximum Gasteiger partial charge on any atom is 0.260 e. The number of rotatable bonds is 6. The number of hydrogen-bond acceptors (Lipinski definition) is 3. The highest BCUT2D eigenvalue weighted by molar-refractivity contribution is 7.80. The average molecular weight is 284 g/mol. The van der Waals surface area contributed by atoms with Crippen molar-refractivity contribution in [1.82, 2.24) is 4.90 Å². The first kappa shape index (κ1) is 15.4. The van der Waals surface area contributed by atoms with Crippen LogP contribution < -0.4 is 10.5 Å². The number of thiocarbonyl (C=S) groups is 1. The normalized spacial score (nSPS) is 10.1. The van der Waals surface area contributed by atoms with Crippen molar-refractivity contribution in [2.75, 3.05) is 20.2 Å². The second-order valence-electron chi connectivity index (χ2n) is 3.92. The van der Waals surface area contributed by atoms with Gasteiger partial charge < -0.3 is 15.4 Å². The van der Waals surface area contributed by atoms with Gasteiger partial charge in [-0.3, -0.25) is 4.79 Å². The molecule has 0 saturated carbocycles. The first-order chi connectivity index (χ1) is 9.01. The molecule has 0 bridgehead atoms. The van der Waals surface area contributed by atoms with E-state index in [2.05, 4.69) is 0 Å². The van der Waals surface area contributed by atoms with Crippen LogP contribution in [-0.4, -0.2) is 36.0 Å². The third-order valence-corrected chi connectivity index (χ3v) is 2.91. The van der Waals surface area contributed by atoms with Gasteiger partial charge >= 0.3 is 0 Å². The Morgan fingerprint density at radius 3 is 2.74 bits per heavy atom. The van der Waals surface area contributed by atoms with Crippen LogP contribution in [0.4, 0.5) is 4.39 Å². The van der Waals surface area contributed by atoms with Crippen molar-refractivity contribution in [2.45, 2.75) is 13.3 Å². The summed E-state index contributed by atoms with van der Waals surface area (Å²) in [5, 5.41) is 0. The van der Waals surface area contributed by atoms with Gasteiger partial charge in [-0.1, -0.05) is 18.3 Å². The molecule has 0 radical (unpaired) electrons. The van der Waals surface area contributed by atoms with Crippen LogP contribution in [0.5, 0.6) is 5.75 Å². The van der Waals surface area contributed by atoms with Crippen molar-refractivity contribution in [3.63, 3.8) is 0 Å². The second-order valence-corrected chi connectivity index (χ2v) is 4.44. The standard InChI is InChI=1S/C13H17FN2O2S/c1-3-16(8-7-11(15)19)13(17)12-9(14)5-4-6-10(12)18-2/h4-6H,3,7-8H2,1-2H3,(H2,15,19). The Bertz CT molecular complexity index is 480. The minimum absolute atomic E-state index is 0.0604. The maximum atomic E-state index is 13.8.